The number of allylic oxidation sites excluding steroid dienone is 1. The number of hydrogen-bond donors (Lipinski definition) is 2. The largest absolute Gasteiger partial charge is 0.384 e. The van der Waals surface area contributed by atoms with Crippen molar-refractivity contribution >= 4 is 73.1 Å². The molecule has 3 radical (unpaired) electrons. The molecule has 0 aliphatic rings. The minimum atomic E-state index is 0. The fraction of sp³-hybridized carbons (Fsp3) is 0.400. The second-order valence-corrected chi connectivity index (χ2v) is 1.27. The zero-order valence-corrected chi connectivity index (χ0v) is 10.4. The van der Waals surface area contributed by atoms with E-state index in [-0.39, 0.29) is 73.1 Å². The molecule has 0 saturated heterocycles. The molecule has 0 aromatic carbocycles. The molecule has 0 rings (SSSR count). The predicted octanol–water partition coefficient (Wildman–Crippen LogP) is 0.127. The fourth-order valence-electron chi connectivity index (χ4n) is 0.245. The van der Waals surface area contributed by atoms with Crippen molar-refractivity contribution in [2.45, 2.75) is 13.3 Å². The zero-order valence-electron chi connectivity index (χ0n) is 6.15. The van der Waals surface area contributed by atoms with Crippen LogP contribution in [0.1, 0.15) is 13.3 Å². The van der Waals surface area contributed by atoms with Gasteiger partial charge in [-0.15, -0.1) is 0 Å². The summed E-state index contributed by atoms with van der Waals surface area (Å²) in [6.07, 6.45) is 4.38. The van der Waals surface area contributed by atoms with E-state index in [9.17, 15) is 0 Å². The van der Waals surface area contributed by atoms with Crippen molar-refractivity contribution in [3.05, 3.63) is 12.2 Å². The van der Waals surface area contributed by atoms with Gasteiger partial charge in [-0.1, -0.05) is 13.0 Å². The van der Waals surface area contributed by atoms with Gasteiger partial charge in [0.2, 0.25) is 0 Å². The summed E-state index contributed by atoms with van der Waals surface area (Å²) < 4.78 is 0. The van der Waals surface area contributed by atoms with E-state index in [4.69, 9.17) is 11.1 Å². The van der Waals surface area contributed by atoms with Crippen molar-refractivity contribution in [2.24, 2.45) is 5.73 Å². The van der Waals surface area contributed by atoms with E-state index < -0.39 is 0 Å². The molecular weight excluding hydrogens is 151 g/mol. The van der Waals surface area contributed by atoms with Gasteiger partial charge in [-0.2, -0.15) is 0 Å². The smallest absolute Gasteiger partial charge is 0.114 e. The van der Waals surface area contributed by atoms with E-state index in [0.717, 1.165) is 6.42 Å². The van der Waals surface area contributed by atoms with Crippen LogP contribution in [0.4, 0.5) is 0 Å². The minimum absolute atomic E-state index is 0. The molecule has 0 amide bonds. The molecule has 2 nitrogen and oxygen atoms in total. The van der Waals surface area contributed by atoms with Crippen LogP contribution in [0.5, 0.6) is 0 Å². The van der Waals surface area contributed by atoms with Crippen LogP contribution in [0.2, 0.25) is 0 Å². The average molecular weight is 161 g/mol. The fourth-order valence-corrected chi connectivity index (χ4v) is 0.245. The molecule has 0 aliphatic carbocycles. The molecule has 0 aromatic rings. The van der Waals surface area contributed by atoms with E-state index in [1.807, 2.05) is 13.0 Å². The van der Waals surface area contributed by atoms with Crippen molar-refractivity contribution in [3.8, 4) is 0 Å². The Bertz CT molecular complexity index is 93.0. The second-order valence-electron chi connectivity index (χ2n) is 1.27. The Balaban J connectivity index is -0.000000180. The summed E-state index contributed by atoms with van der Waals surface area (Å²) in [5.41, 5.74) is 4.97. The van der Waals surface area contributed by atoms with E-state index in [1.54, 1.807) is 6.08 Å². The van der Waals surface area contributed by atoms with Crippen molar-refractivity contribution in [3.63, 3.8) is 0 Å². The van der Waals surface area contributed by atoms with Gasteiger partial charge < -0.3 is 5.73 Å². The first-order valence-electron chi connectivity index (χ1n) is 2.28. The molecule has 9 heavy (non-hydrogen) atoms. The molecule has 0 saturated carbocycles. The first-order chi connectivity index (χ1) is 3.27. The van der Waals surface area contributed by atoms with Gasteiger partial charge in [0.25, 0.3) is 0 Å². The molecule has 0 fully saturated rings. The Morgan fingerprint density at radius 3 is 2.22 bits per heavy atom. The normalized spacial score (nSPS) is 7.67. The van der Waals surface area contributed by atoms with Crippen LogP contribution in [0.25, 0.3) is 0 Å². The second kappa shape index (κ2) is 12.2. The van der Waals surface area contributed by atoms with Crippen LogP contribution in [0.15, 0.2) is 12.2 Å². The standard InChI is InChI=1S/C5H10N2.Ca.Na/c1-2-3-4-5(6)7;;/h3-4H,2H2,1H3,(H3,6,7);;. The van der Waals surface area contributed by atoms with Gasteiger partial charge in [-0.3, -0.25) is 5.41 Å². The van der Waals surface area contributed by atoms with Gasteiger partial charge >= 0.3 is 0 Å². The van der Waals surface area contributed by atoms with Crippen molar-refractivity contribution in [1.29, 1.82) is 5.41 Å². The molecule has 0 atom stereocenters. The Hall–Kier alpha value is 1.47. The quantitative estimate of drug-likeness (QED) is 0.337. The Morgan fingerprint density at radius 1 is 1.67 bits per heavy atom. The Kier molecular flexibility index (Phi) is 22.8. The van der Waals surface area contributed by atoms with Crippen LogP contribution in [0, 0.1) is 5.41 Å². The molecule has 0 heterocycles. The summed E-state index contributed by atoms with van der Waals surface area (Å²) >= 11 is 0. The molecule has 3 N–H and O–H groups in total. The molecule has 0 bridgehead atoms. The first kappa shape index (κ1) is 16.8. The van der Waals surface area contributed by atoms with E-state index in [2.05, 4.69) is 0 Å². The summed E-state index contributed by atoms with van der Waals surface area (Å²) in [5.74, 6) is 0.127. The van der Waals surface area contributed by atoms with Crippen LogP contribution in [-0.4, -0.2) is 73.1 Å². The number of hydrogen-bond acceptors (Lipinski definition) is 1. The molecule has 0 aromatic heterocycles. The maximum absolute atomic E-state index is 6.69. The van der Waals surface area contributed by atoms with Crippen molar-refractivity contribution in [2.75, 3.05) is 0 Å². The third-order valence-corrected chi connectivity index (χ3v) is 0.533. The van der Waals surface area contributed by atoms with Gasteiger partial charge in [-0.25, -0.2) is 0 Å². The summed E-state index contributed by atoms with van der Waals surface area (Å²) in [4.78, 5) is 0. The predicted molar refractivity (Wildman–Crippen MR) is 42.9 cm³/mol. The maximum Gasteiger partial charge on any atom is 0.114 e. The summed E-state index contributed by atoms with van der Waals surface area (Å²) in [7, 11) is 0. The first-order valence-corrected chi connectivity index (χ1v) is 2.28. The monoisotopic (exact) mass is 161 g/mol. The SMILES string of the molecule is CCC=CC(=N)N.[Ca].[Na]. The van der Waals surface area contributed by atoms with E-state index in [1.165, 1.54) is 0 Å². The zero-order chi connectivity index (χ0) is 5.70. The average Bonchev–Trinajstić information content (AvgIpc) is 1.61. The molecule has 0 unspecified atom stereocenters. The number of nitrogens with one attached hydrogen (secondary N) is 1. The number of amidine groups is 1. The third-order valence-electron chi connectivity index (χ3n) is 0.533. The Morgan fingerprint density at radius 2 is 2.11 bits per heavy atom. The summed E-state index contributed by atoms with van der Waals surface area (Å²) in [5, 5.41) is 6.69. The molecule has 4 heteroatoms. The van der Waals surface area contributed by atoms with Gasteiger partial charge in [0.15, 0.2) is 0 Å². The van der Waals surface area contributed by atoms with Crippen LogP contribution in [0.3, 0.4) is 0 Å². The van der Waals surface area contributed by atoms with E-state index in [0.29, 0.717) is 0 Å². The summed E-state index contributed by atoms with van der Waals surface area (Å²) in [6, 6.07) is 0. The topological polar surface area (TPSA) is 49.9 Å². The number of rotatable bonds is 2. The van der Waals surface area contributed by atoms with Gasteiger partial charge in [0.1, 0.15) is 5.84 Å². The molecule has 0 spiro atoms. The van der Waals surface area contributed by atoms with Crippen LogP contribution < -0.4 is 5.73 Å². The van der Waals surface area contributed by atoms with Crippen LogP contribution in [-0.2, 0) is 0 Å². The third kappa shape index (κ3) is 17.7. The minimum Gasteiger partial charge on any atom is -0.384 e. The molecular formula is C5H10CaN2Na. The van der Waals surface area contributed by atoms with Gasteiger partial charge in [-0.05, 0) is 12.5 Å². The number of nitrogens with two attached hydrogens (primary N) is 1. The molecule has 0 aliphatic heterocycles. The Labute approximate surface area is 108 Å². The van der Waals surface area contributed by atoms with E-state index >= 15 is 0 Å². The van der Waals surface area contributed by atoms with Gasteiger partial charge in [0, 0.05) is 67.3 Å². The van der Waals surface area contributed by atoms with Gasteiger partial charge in [0.05, 0.1) is 0 Å². The summed E-state index contributed by atoms with van der Waals surface area (Å²) in [6.45, 7) is 2.00. The maximum atomic E-state index is 6.69. The molecule has 43 valence electrons. The van der Waals surface area contributed by atoms with Crippen LogP contribution >= 0.6 is 0 Å². The van der Waals surface area contributed by atoms with Crippen molar-refractivity contribution in [1.82, 2.24) is 0 Å². The van der Waals surface area contributed by atoms with Crippen molar-refractivity contribution < 1.29 is 0 Å².